The SMILES string of the molecule is CCOc1cc(C(=O)Nc2ccc(C)c(C)c2)cc(OCC)c1Br. The summed E-state index contributed by atoms with van der Waals surface area (Å²) >= 11 is 3.47. The number of amides is 1. The van der Waals surface area contributed by atoms with Crippen molar-refractivity contribution in [3.63, 3.8) is 0 Å². The van der Waals surface area contributed by atoms with Crippen LogP contribution in [0.4, 0.5) is 5.69 Å². The standard InChI is InChI=1S/C19H22BrNO3/c1-5-23-16-10-14(11-17(18(16)20)24-6-2)19(22)21-15-8-7-12(3)13(4)9-15/h7-11H,5-6H2,1-4H3,(H,21,22). The first-order chi connectivity index (χ1) is 11.5. The van der Waals surface area contributed by atoms with Gasteiger partial charge < -0.3 is 14.8 Å². The average molecular weight is 392 g/mol. The molecule has 2 aromatic rings. The Morgan fingerprint density at radius 2 is 1.58 bits per heavy atom. The van der Waals surface area contributed by atoms with Crippen molar-refractivity contribution in [2.24, 2.45) is 0 Å². The van der Waals surface area contributed by atoms with Crippen LogP contribution in [0, 0.1) is 13.8 Å². The molecule has 24 heavy (non-hydrogen) atoms. The minimum Gasteiger partial charge on any atom is -0.493 e. The zero-order chi connectivity index (χ0) is 17.7. The van der Waals surface area contributed by atoms with E-state index in [1.165, 1.54) is 5.56 Å². The minimum absolute atomic E-state index is 0.201. The lowest BCUT2D eigenvalue weighted by atomic mass is 10.1. The van der Waals surface area contributed by atoms with Crippen LogP contribution in [-0.2, 0) is 0 Å². The molecule has 0 spiro atoms. The van der Waals surface area contributed by atoms with E-state index in [2.05, 4.69) is 21.2 Å². The summed E-state index contributed by atoms with van der Waals surface area (Å²) in [5, 5.41) is 2.92. The highest BCUT2D eigenvalue weighted by molar-refractivity contribution is 9.10. The fourth-order valence-corrected chi connectivity index (χ4v) is 2.70. The number of rotatable bonds is 6. The highest BCUT2D eigenvalue weighted by Crippen LogP contribution is 2.36. The number of benzene rings is 2. The van der Waals surface area contributed by atoms with Gasteiger partial charge in [-0.1, -0.05) is 6.07 Å². The molecule has 1 N–H and O–H groups in total. The van der Waals surface area contributed by atoms with Gasteiger partial charge in [0, 0.05) is 11.3 Å². The van der Waals surface area contributed by atoms with Crippen LogP contribution >= 0.6 is 15.9 Å². The monoisotopic (exact) mass is 391 g/mol. The number of hydrogen-bond donors (Lipinski definition) is 1. The number of aryl methyl sites for hydroxylation is 2. The van der Waals surface area contributed by atoms with E-state index >= 15 is 0 Å². The Labute approximate surface area is 151 Å². The second-order valence-corrected chi connectivity index (χ2v) is 6.20. The molecule has 2 rings (SSSR count). The first kappa shape index (κ1) is 18.3. The van der Waals surface area contributed by atoms with Crippen LogP contribution in [0.1, 0.15) is 35.3 Å². The highest BCUT2D eigenvalue weighted by Gasteiger charge is 2.15. The van der Waals surface area contributed by atoms with Crippen LogP contribution < -0.4 is 14.8 Å². The van der Waals surface area contributed by atoms with Gasteiger partial charge in [-0.15, -0.1) is 0 Å². The molecular weight excluding hydrogens is 370 g/mol. The largest absolute Gasteiger partial charge is 0.493 e. The van der Waals surface area contributed by atoms with Gasteiger partial charge in [0.25, 0.3) is 5.91 Å². The smallest absolute Gasteiger partial charge is 0.255 e. The second-order valence-electron chi connectivity index (χ2n) is 5.41. The maximum atomic E-state index is 12.6. The molecule has 1 amide bonds. The summed E-state index contributed by atoms with van der Waals surface area (Å²) in [7, 11) is 0. The first-order valence-corrected chi connectivity index (χ1v) is 8.73. The zero-order valence-electron chi connectivity index (χ0n) is 14.4. The minimum atomic E-state index is -0.201. The van der Waals surface area contributed by atoms with E-state index < -0.39 is 0 Å². The third-order valence-corrected chi connectivity index (χ3v) is 4.41. The van der Waals surface area contributed by atoms with E-state index in [0.717, 1.165) is 11.3 Å². The molecule has 0 bridgehead atoms. The van der Waals surface area contributed by atoms with E-state index in [0.29, 0.717) is 34.7 Å². The molecule has 0 radical (unpaired) electrons. The Hall–Kier alpha value is -2.01. The lowest BCUT2D eigenvalue weighted by molar-refractivity contribution is 0.102. The summed E-state index contributed by atoms with van der Waals surface area (Å²) in [6.07, 6.45) is 0. The summed E-state index contributed by atoms with van der Waals surface area (Å²) in [5.74, 6) is 0.982. The van der Waals surface area contributed by atoms with Gasteiger partial charge in [0.05, 0.1) is 13.2 Å². The van der Waals surface area contributed by atoms with Crippen LogP contribution in [0.5, 0.6) is 11.5 Å². The molecule has 0 saturated carbocycles. The normalized spacial score (nSPS) is 10.4. The molecular formula is C19H22BrNO3. The van der Waals surface area contributed by atoms with Crippen molar-refractivity contribution >= 4 is 27.5 Å². The van der Waals surface area contributed by atoms with Crippen LogP contribution in [0.25, 0.3) is 0 Å². The predicted molar refractivity (Wildman–Crippen MR) is 100 cm³/mol. The Balaban J connectivity index is 2.31. The molecule has 128 valence electrons. The highest BCUT2D eigenvalue weighted by atomic mass is 79.9. The van der Waals surface area contributed by atoms with Gasteiger partial charge >= 0.3 is 0 Å². The molecule has 0 aliphatic rings. The maximum absolute atomic E-state index is 12.6. The van der Waals surface area contributed by atoms with Crippen LogP contribution in [0.2, 0.25) is 0 Å². The second kappa shape index (κ2) is 8.20. The summed E-state index contributed by atoms with van der Waals surface area (Å²) in [5.41, 5.74) is 3.58. The van der Waals surface area contributed by atoms with Crippen LogP contribution in [0.15, 0.2) is 34.8 Å². The fourth-order valence-electron chi connectivity index (χ4n) is 2.25. The number of nitrogens with one attached hydrogen (secondary N) is 1. The summed E-state index contributed by atoms with van der Waals surface area (Å²) in [4.78, 5) is 12.6. The number of carbonyl (C=O) groups excluding carboxylic acids is 1. The van der Waals surface area contributed by atoms with E-state index in [1.807, 2.05) is 45.9 Å². The summed E-state index contributed by atoms with van der Waals surface area (Å²) < 4.78 is 11.9. The molecule has 0 aliphatic carbocycles. The Morgan fingerprint density at radius 1 is 1.00 bits per heavy atom. The van der Waals surface area contributed by atoms with Gasteiger partial charge in [-0.3, -0.25) is 4.79 Å². The first-order valence-electron chi connectivity index (χ1n) is 7.94. The van der Waals surface area contributed by atoms with E-state index in [-0.39, 0.29) is 5.91 Å². The van der Waals surface area contributed by atoms with Crippen molar-refractivity contribution in [1.29, 1.82) is 0 Å². The van der Waals surface area contributed by atoms with Gasteiger partial charge in [-0.2, -0.15) is 0 Å². The quantitative estimate of drug-likeness (QED) is 0.743. The fraction of sp³-hybridized carbons (Fsp3) is 0.316. The van der Waals surface area contributed by atoms with Gasteiger partial charge in [0.2, 0.25) is 0 Å². The van der Waals surface area contributed by atoms with Crippen LogP contribution in [0.3, 0.4) is 0 Å². The molecule has 0 heterocycles. The van der Waals surface area contributed by atoms with Crippen molar-refractivity contribution in [2.75, 3.05) is 18.5 Å². The molecule has 5 heteroatoms. The molecule has 0 unspecified atom stereocenters. The number of halogens is 1. The lowest BCUT2D eigenvalue weighted by Gasteiger charge is -2.14. The topological polar surface area (TPSA) is 47.6 Å². The number of anilines is 1. The van der Waals surface area contributed by atoms with Gasteiger partial charge in [-0.25, -0.2) is 0 Å². The van der Waals surface area contributed by atoms with Crippen molar-refractivity contribution in [1.82, 2.24) is 0 Å². The van der Waals surface area contributed by atoms with Gasteiger partial charge in [0.15, 0.2) is 0 Å². The molecule has 4 nitrogen and oxygen atoms in total. The number of hydrogen-bond acceptors (Lipinski definition) is 3. The van der Waals surface area contributed by atoms with Crippen molar-refractivity contribution < 1.29 is 14.3 Å². The summed E-state index contributed by atoms with van der Waals surface area (Å²) in [6, 6.07) is 9.27. The third-order valence-electron chi connectivity index (χ3n) is 3.63. The zero-order valence-corrected chi connectivity index (χ0v) is 16.0. The number of carbonyl (C=O) groups is 1. The average Bonchev–Trinajstić information content (AvgIpc) is 2.55. The Kier molecular flexibility index (Phi) is 6.26. The van der Waals surface area contributed by atoms with Gasteiger partial charge in [0.1, 0.15) is 16.0 Å². The molecule has 2 aromatic carbocycles. The lowest BCUT2D eigenvalue weighted by Crippen LogP contribution is -2.13. The molecule has 0 aliphatic heterocycles. The summed E-state index contributed by atoms with van der Waals surface area (Å²) in [6.45, 7) is 8.87. The van der Waals surface area contributed by atoms with Gasteiger partial charge in [-0.05, 0) is 79.0 Å². The predicted octanol–water partition coefficient (Wildman–Crippen LogP) is 5.12. The number of ether oxygens (including phenoxy) is 2. The van der Waals surface area contributed by atoms with Crippen molar-refractivity contribution in [2.45, 2.75) is 27.7 Å². The third kappa shape index (κ3) is 4.29. The molecule has 0 atom stereocenters. The Bertz CT molecular complexity index is 716. The van der Waals surface area contributed by atoms with Crippen molar-refractivity contribution in [3.8, 4) is 11.5 Å². The van der Waals surface area contributed by atoms with E-state index in [1.54, 1.807) is 12.1 Å². The molecule has 0 fully saturated rings. The van der Waals surface area contributed by atoms with E-state index in [9.17, 15) is 4.79 Å². The van der Waals surface area contributed by atoms with E-state index in [4.69, 9.17) is 9.47 Å². The van der Waals surface area contributed by atoms with Crippen molar-refractivity contribution in [3.05, 3.63) is 51.5 Å². The van der Waals surface area contributed by atoms with Crippen LogP contribution in [-0.4, -0.2) is 19.1 Å². The Morgan fingerprint density at radius 3 is 2.08 bits per heavy atom. The molecule has 0 aromatic heterocycles. The maximum Gasteiger partial charge on any atom is 0.255 e. The molecule has 0 saturated heterocycles.